The van der Waals surface area contributed by atoms with Crippen LogP contribution in [-0.4, -0.2) is 51.7 Å². The number of rotatable bonds is 6. The maximum absolute atomic E-state index is 13.0. The molecule has 0 spiro atoms. The minimum absolute atomic E-state index is 0.0569. The third kappa shape index (κ3) is 6.81. The summed E-state index contributed by atoms with van der Waals surface area (Å²) >= 11 is 0. The van der Waals surface area contributed by atoms with Gasteiger partial charge in [0.1, 0.15) is 0 Å². The number of nitrogens with one attached hydrogen (secondary N) is 2. The number of benzene rings is 1. The van der Waals surface area contributed by atoms with E-state index < -0.39 is 10.0 Å². The van der Waals surface area contributed by atoms with Gasteiger partial charge in [0, 0.05) is 37.4 Å². The van der Waals surface area contributed by atoms with Gasteiger partial charge >= 0.3 is 0 Å². The lowest BCUT2D eigenvalue weighted by Gasteiger charge is -2.32. The molecule has 1 aliphatic heterocycles. The summed E-state index contributed by atoms with van der Waals surface area (Å²) in [5, 5.41) is 3.45. The number of anilines is 1. The second kappa shape index (κ2) is 8.61. The Morgan fingerprint density at radius 2 is 1.85 bits per heavy atom. The van der Waals surface area contributed by atoms with Crippen LogP contribution in [0.2, 0.25) is 0 Å². The van der Waals surface area contributed by atoms with Crippen molar-refractivity contribution in [1.82, 2.24) is 9.62 Å². The second-order valence-electron chi connectivity index (χ2n) is 8.75. The van der Waals surface area contributed by atoms with Crippen molar-refractivity contribution in [3.63, 3.8) is 0 Å². The zero-order valence-electron chi connectivity index (χ0n) is 17.1. The number of amides is 1. The SMILES string of the molecule is Cc1c(NCC(C)(C)C)cccc1C(=O)N1CCC(CNS(C)(=O)=O)CC1. The van der Waals surface area contributed by atoms with Crippen molar-refractivity contribution >= 4 is 21.6 Å². The average molecular weight is 396 g/mol. The number of hydrogen-bond donors (Lipinski definition) is 2. The van der Waals surface area contributed by atoms with Crippen LogP contribution in [0.25, 0.3) is 0 Å². The van der Waals surface area contributed by atoms with Crippen molar-refractivity contribution in [2.24, 2.45) is 11.3 Å². The van der Waals surface area contributed by atoms with Gasteiger partial charge in [0.25, 0.3) is 5.91 Å². The van der Waals surface area contributed by atoms with E-state index in [-0.39, 0.29) is 17.2 Å². The Morgan fingerprint density at radius 1 is 1.22 bits per heavy atom. The number of likely N-dealkylation sites (tertiary alicyclic amines) is 1. The molecule has 0 aliphatic carbocycles. The van der Waals surface area contributed by atoms with Gasteiger partial charge in [-0.15, -0.1) is 0 Å². The van der Waals surface area contributed by atoms with Crippen molar-refractivity contribution < 1.29 is 13.2 Å². The maximum atomic E-state index is 13.0. The van der Waals surface area contributed by atoms with Crippen LogP contribution in [0.1, 0.15) is 49.5 Å². The van der Waals surface area contributed by atoms with Crippen LogP contribution in [0, 0.1) is 18.3 Å². The van der Waals surface area contributed by atoms with E-state index in [1.54, 1.807) is 0 Å². The monoisotopic (exact) mass is 395 g/mol. The van der Waals surface area contributed by atoms with Gasteiger partial charge in [0.15, 0.2) is 0 Å². The summed E-state index contributed by atoms with van der Waals surface area (Å²) < 4.78 is 25.0. The topological polar surface area (TPSA) is 78.5 Å². The number of carbonyl (C=O) groups is 1. The first-order chi connectivity index (χ1) is 12.5. The molecule has 1 aromatic rings. The molecule has 27 heavy (non-hydrogen) atoms. The number of piperidine rings is 1. The normalized spacial score (nSPS) is 16.4. The summed E-state index contributed by atoms with van der Waals surface area (Å²) in [6, 6.07) is 5.83. The van der Waals surface area contributed by atoms with E-state index in [0.29, 0.717) is 19.6 Å². The molecule has 0 bridgehead atoms. The van der Waals surface area contributed by atoms with Gasteiger partial charge in [-0.05, 0) is 48.8 Å². The third-order valence-electron chi connectivity index (χ3n) is 4.91. The predicted octanol–water partition coefficient (Wildman–Crippen LogP) is 2.85. The molecule has 1 aliphatic rings. The summed E-state index contributed by atoms with van der Waals surface area (Å²) in [5.74, 6) is 0.339. The molecular weight excluding hydrogens is 362 g/mol. The Kier molecular flexibility index (Phi) is 6.92. The lowest BCUT2D eigenvalue weighted by molar-refractivity contribution is 0.0691. The first kappa shape index (κ1) is 21.7. The third-order valence-corrected chi connectivity index (χ3v) is 5.60. The lowest BCUT2D eigenvalue weighted by Crippen LogP contribution is -2.41. The number of sulfonamides is 1. The number of hydrogen-bond acceptors (Lipinski definition) is 4. The van der Waals surface area contributed by atoms with Crippen LogP contribution in [-0.2, 0) is 10.0 Å². The molecule has 1 saturated heterocycles. The highest BCUT2D eigenvalue weighted by Crippen LogP contribution is 2.25. The standard InChI is InChI=1S/C20H33N3O3S/c1-15-17(7-6-8-18(15)21-14-20(2,3)4)19(24)23-11-9-16(10-12-23)13-22-27(5,25)26/h6-8,16,21-22H,9-14H2,1-5H3. The van der Waals surface area contributed by atoms with Crippen LogP contribution in [0.5, 0.6) is 0 Å². The molecule has 0 aromatic heterocycles. The van der Waals surface area contributed by atoms with E-state index in [2.05, 4.69) is 30.8 Å². The summed E-state index contributed by atoms with van der Waals surface area (Å²) in [5.41, 5.74) is 2.88. The number of carbonyl (C=O) groups excluding carboxylic acids is 1. The quantitative estimate of drug-likeness (QED) is 0.776. The molecular formula is C20H33N3O3S. The van der Waals surface area contributed by atoms with Crippen molar-refractivity contribution in [2.45, 2.75) is 40.5 Å². The summed E-state index contributed by atoms with van der Waals surface area (Å²) in [7, 11) is -3.16. The number of nitrogens with zero attached hydrogens (tertiary/aromatic N) is 1. The molecule has 1 aromatic carbocycles. The Labute approximate surface area is 163 Å². The molecule has 0 radical (unpaired) electrons. The zero-order chi connectivity index (χ0) is 20.2. The zero-order valence-corrected chi connectivity index (χ0v) is 17.9. The fourth-order valence-corrected chi connectivity index (χ4v) is 3.74. The Hall–Kier alpha value is -1.60. The smallest absolute Gasteiger partial charge is 0.254 e. The van der Waals surface area contributed by atoms with Crippen molar-refractivity contribution in [2.75, 3.05) is 37.8 Å². The van der Waals surface area contributed by atoms with Gasteiger partial charge in [0.2, 0.25) is 10.0 Å². The van der Waals surface area contributed by atoms with Crippen LogP contribution in [0.15, 0.2) is 18.2 Å². The lowest BCUT2D eigenvalue weighted by atomic mass is 9.95. The molecule has 2 N–H and O–H groups in total. The molecule has 7 heteroatoms. The van der Waals surface area contributed by atoms with E-state index in [9.17, 15) is 13.2 Å². The average Bonchev–Trinajstić information content (AvgIpc) is 2.57. The van der Waals surface area contributed by atoms with Crippen molar-refractivity contribution in [3.05, 3.63) is 29.3 Å². The van der Waals surface area contributed by atoms with E-state index in [1.165, 1.54) is 6.26 Å². The van der Waals surface area contributed by atoms with E-state index in [4.69, 9.17) is 0 Å². The van der Waals surface area contributed by atoms with E-state index >= 15 is 0 Å². The highest BCUT2D eigenvalue weighted by atomic mass is 32.2. The van der Waals surface area contributed by atoms with Crippen molar-refractivity contribution in [1.29, 1.82) is 0 Å². The Morgan fingerprint density at radius 3 is 2.41 bits per heavy atom. The van der Waals surface area contributed by atoms with Crippen LogP contribution < -0.4 is 10.0 Å². The summed E-state index contributed by atoms with van der Waals surface area (Å²) in [4.78, 5) is 14.9. The molecule has 0 saturated carbocycles. The highest BCUT2D eigenvalue weighted by Gasteiger charge is 2.25. The fraction of sp³-hybridized carbons (Fsp3) is 0.650. The van der Waals surface area contributed by atoms with Gasteiger partial charge < -0.3 is 10.2 Å². The molecule has 2 rings (SSSR count). The largest absolute Gasteiger partial charge is 0.384 e. The fourth-order valence-electron chi connectivity index (χ4n) is 3.20. The summed E-state index contributed by atoms with van der Waals surface area (Å²) in [6.07, 6.45) is 2.81. The van der Waals surface area contributed by atoms with Gasteiger partial charge in [-0.1, -0.05) is 26.8 Å². The van der Waals surface area contributed by atoms with Gasteiger partial charge in [-0.25, -0.2) is 13.1 Å². The molecule has 0 unspecified atom stereocenters. The van der Waals surface area contributed by atoms with Crippen LogP contribution >= 0.6 is 0 Å². The molecule has 0 atom stereocenters. The van der Waals surface area contributed by atoms with Crippen LogP contribution in [0.3, 0.4) is 0 Å². The Balaban J connectivity index is 1.98. The predicted molar refractivity (Wildman–Crippen MR) is 111 cm³/mol. The molecule has 1 amide bonds. The van der Waals surface area contributed by atoms with Gasteiger partial charge in [0.05, 0.1) is 6.26 Å². The molecule has 152 valence electrons. The molecule has 1 fully saturated rings. The molecule has 1 heterocycles. The van der Waals surface area contributed by atoms with Crippen LogP contribution in [0.4, 0.5) is 5.69 Å². The minimum atomic E-state index is -3.16. The van der Waals surface area contributed by atoms with E-state index in [0.717, 1.165) is 36.2 Å². The highest BCUT2D eigenvalue weighted by molar-refractivity contribution is 7.88. The Bertz CT molecular complexity index is 761. The minimum Gasteiger partial charge on any atom is -0.384 e. The first-order valence-corrected chi connectivity index (χ1v) is 11.4. The maximum Gasteiger partial charge on any atom is 0.254 e. The van der Waals surface area contributed by atoms with Gasteiger partial charge in [-0.3, -0.25) is 4.79 Å². The van der Waals surface area contributed by atoms with Crippen molar-refractivity contribution in [3.8, 4) is 0 Å². The van der Waals surface area contributed by atoms with E-state index in [1.807, 2.05) is 30.0 Å². The summed E-state index contributed by atoms with van der Waals surface area (Å²) in [6.45, 7) is 11.1. The molecule has 6 nitrogen and oxygen atoms in total. The van der Waals surface area contributed by atoms with Gasteiger partial charge in [-0.2, -0.15) is 0 Å². The first-order valence-electron chi connectivity index (χ1n) is 9.54. The second-order valence-corrected chi connectivity index (χ2v) is 10.6.